The van der Waals surface area contributed by atoms with Gasteiger partial charge in [-0.05, 0) is 18.4 Å². The third-order valence-corrected chi connectivity index (χ3v) is 3.58. The first-order chi connectivity index (χ1) is 7.93. The van der Waals surface area contributed by atoms with Gasteiger partial charge < -0.3 is 9.47 Å². The van der Waals surface area contributed by atoms with E-state index in [0.29, 0.717) is 18.1 Å². The highest BCUT2D eigenvalue weighted by Gasteiger charge is 2.31. The van der Waals surface area contributed by atoms with Gasteiger partial charge in [-0.15, -0.1) is 0 Å². The van der Waals surface area contributed by atoms with Crippen molar-refractivity contribution in [2.75, 3.05) is 13.2 Å². The Hall–Kier alpha value is -0.860. The molecule has 0 amide bonds. The van der Waals surface area contributed by atoms with Crippen molar-refractivity contribution in [2.24, 2.45) is 0 Å². The van der Waals surface area contributed by atoms with Gasteiger partial charge in [0.05, 0.1) is 19.3 Å². The molecular weight excluding hydrogens is 200 g/mol. The maximum atomic E-state index is 5.97. The largest absolute Gasteiger partial charge is 0.375 e. The summed E-state index contributed by atoms with van der Waals surface area (Å²) in [4.78, 5) is 0. The fraction of sp³-hybridized carbons (Fsp3) is 0.571. The van der Waals surface area contributed by atoms with Gasteiger partial charge in [-0.2, -0.15) is 0 Å². The minimum atomic E-state index is 0.386. The summed E-state index contributed by atoms with van der Waals surface area (Å²) in [6.45, 7) is 1.68. The number of rotatable bonds is 4. The van der Waals surface area contributed by atoms with Gasteiger partial charge in [0.2, 0.25) is 0 Å². The van der Waals surface area contributed by atoms with E-state index in [4.69, 9.17) is 9.47 Å². The SMILES string of the molecule is c1ccc(C2CCCC2OC[C@@H]2CO2)cc1. The number of epoxide rings is 1. The molecule has 2 unspecified atom stereocenters. The molecule has 1 aliphatic heterocycles. The Morgan fingerprint density at radius 3 is 2.75 bits per heavy atom. The molecule has 0 N–H and O–H groups in total. The minimum absolute atomic E-state index is 0.386. The maximum Gasteiger partial charge on any atom is 0.104 e. The molecule has 2 fully saturated rings. The van der Waals surface area contributed by atoms with Gasteiger partial charge in [0, 0.05) is 5.92 Å². The molecule has 0 radical (unpaired) electrons. The highest BCUT2D eigenvalue weighted by molar-refractivity contribution is 5.21. The Bertz CT molecular complexity index is 332. The van der Waals surface area contributed by atoms with Gasteiger partial charge >= 0.3 is 0 Å². The summed E-state index contributed by atoms with van der Waals surface area (Å²) in [7, 11) is 0. The Morgan fingerprint density at radius 2 is 2.00 bits per heavy atom. The van der Waals surface area contributed by atoms with E-state index < -0.39 is 0 Å². The van der Waals surface area contributed by atoms with Crippen LogP contribution in [0.5, 0.6) is 0 Å². The quantitative estimate of drug-likeness (QED) is 0.725. The monoisotopic (exact) mass is 218 g/mol. The van der Waals surface area contributed by atoms with Crippen LogP contribution in [0.25, 0.3) is 0 Å². The summed E-state index contributed by atoms with van der Waals surface area (Å²) >= 11 is 0. The Labute approximate surface area is 96.6 Å². The molecule has 86 valence electrons. The summed E-state index contributed by atoms with van der Waals surface area (Å²) < 4.78 is 11.2. The van der Waals surface area contributed by atoms with Crippen LogP contribution < -0.4 is 0 Å². The minimum Gasteiger partial charge on any atom is -0.375 e. The number of benzene rings is 1. The van der Waals surface area contributed by atoms with E-state index >= 15 is 0 Å². The van der Waals surface area contributed by atoms with Crippen LogP contribution in [0.15, 0.2) is 30.3 Å². The molecule has 3 rings (SSSR count). The van der Waals surface area contributed by atoms with Crippen molar-refractivity contribution >= 4 is 0 Å². The molecule has 1 saturated heterocycles. The van der Waals surface area contributed by atoms with Gasteiger partial charge in [-0.3, -0.25) is 0 Å². The molecule has 1 saturated carbocycles. The molecule has 1 aliphatic carbocycles. The predicted molar refractivity (Wildman–Crippen MR) is 62.5 cm³/mol. The third kappa shape index (κ3) is 2.28. The van der Waals surface area contributed by atoms with Crippen LogP contribution in [0, 0.1) is 0 Å². The molecule has 2 heteroatoms. The fourth-order valence-corrected chi connectivity index (χ4v) is 2.60. The molecule has 0 aromatic heterocycles. The summed E-state index contributed by atoms with van der Waals surface area (Å²) in [5.74, 6) is 0.597. The molecule has 1 aromatic carbocycles. The van der Waals surface area contributed by atoms with Gasteiger partial charge in [0.25, 0.3) is 0 Å². The van der Waals surface area contributed by atoms with Crippen LogP contribution >= 0.6 is 0 Å². The molecule has 2 aliphatic rings. The second-order valence-corrected chi connectivity index (χ2v) is 4.78. The molecule has 16 heavy (non-hydrogen) atoms. The van der Waals surface area contributed by atoms with Crippen molar-refractivity contribution in [1.29, 1.82) is 0 Å². The van der Waals surface area contributed by atoms with E-state index in [1.54, 1.807) is 0 Å². The van der Waals surface area contributed by atoms with Gasteiger partial charge in [-0.25, -0.2) is 0 Å². The van der Waals surface area contributed by atoms with Crippen molar-refractivity contribution in [3.8, 4) is 0 Å². The third-order valence-electron chi connectivity index (χ3n) is 3.58. The van der Waals surface area contributed by atoms with Gasteiger partial charge in [0.1, 0.15) is 6.10 Å². The zero-order chi connectivity index (χ0) is 10.8. The second-order valence-electron chi connectivity index (χ2n) is 4.78. The lowest BCUT2D eigenvalue weighted by Gasteiger charge is -2.20. The first-order valence-corrected chi connectivity index (χ1v) is 6.21. The Morgan fingerprint density at radius 1 is 1.19 bits per heavy atom. The zero-order valence-electron chi connectivity index (χ0n) is 9.47. The number of ether oxygens (including phenoxy) is 2. The lowest BCUT2D eigenvalue weighted by Crippen LogP contribution is -2.19. The van der Waals surface area contributed by atoms with Crippen LogP contribution in [0.2, 0.25) is 0 Å². The highest BCUT2D eigenvalue weighted by atomic mass is 16.6. The Kier molecular flexibility index (Phi) is 2.94. The number of hydrogen-bond donors (Lipinski definition) is 0. The lowest BCUT2D eigenvalue weighted by molar-refractivity contribution is 0.0367. The molecule has 1 aromatic rings. The standard InChI is InChI=1S/C14H18O2/c1-2-5-11(6-3-1)13-7-4-8-14(13)16-10-12-9-15-12/h1-3,5-6,12-14H,4,7-10H2/t12-,13?,14?/m0/s1. The van der Waals surface area contributed by atoms with E-state index in [0.717, 1.165) is 13.2 Å². The van der Waals surface area contributed by atoms with Crippen LogP contribution in [0.3, 0.4) is 0 Å². The zero-order valence-corrected chi connectivity index (χ0v) is 9.47. The van der Waals surface area contributed by atoms with Crippen LogP contribution in [0.1, 0.15) is 30.7 Å². The van der Waals surface area contributed by atoms with E-state index in [1.807, 2.05) is 0 Å². The summed E-state index contributed by atoms with van der Waals surface area (Å²) in [5, 5.41) is 0. The van der Waals surface area contributed by atoms with E-state index in [1.165, 1.54) is 24.8 Å². The van der Waals surface area contributed by atoms with Crippen molar-refractivity contribution in [1.82, 2.24) is 0 Å². The molecule has 3 atom stereocenters. The van der Waals surface area contributed by atoms with Crippen LogP contribution in [0.4, 0.5) is 0 Å². The first-order valence-electron chi connectivity index (χ1n) is 6.21. The average Bonchev–Trinajstić information content (AvgIpc) is 3.05. The smallest absolute Gasteiger partial charge is 0.104 e. The molecule has 2 nitrogen and oxygen atoms in total. The Balaban J connectivity index is 1.63. The molecule has 1 heterocycles. The summed E-state index contributed by atoms with van der Waals surface area (Å²) in [5.41, 5.74) is 1.43. The average molecular weight is 218 g/mol. The normalized spacial score (nSPS) is 32.9. The van der Waals surface area contributed by atoms with Crippen molar-refractivity contribution in [3.05, 3.63) is 35.9 Å². The molecular formula is C14H18O2. The highest BCUT2D eigenvalue weighted by Crippen LogP contribution is 2.36. The van der Waals surface area contributed by atoms with Gasteiger partial charge in [-0.1, -0.05) is 36.8 Å². The summed E-state index contributed by atoms with van der Waals surface area (Å²) in [6, 6.07) is 10.8. The summed E-state index contributed by atoms with van der Waals surface area (Å²) in [6.07, 6.45) is 4.55. The predicted octanol–water partition coefficient (Wildman–Crippen LogP) is 2.74. The lowest BCUT2D eigenvalue weighted by atomic mass is 9.96. The van der Waals surface area contributed by atoms with E-state index in [2.05, 4.69) is 30.3 Å². The van der Waals surface area contributed by atoms with Crippen molar-refractivity contribution in [2.45, 2.75) is 37.4 Å². The number of hydrogen-bond acceptors (Lipinski definition) is 2. The maximum absolute atomic E-state index is 5.97. The van der Waals surface area contributed by atoms with Crippen LogP contribution in [-0.2, 0) is 9.47 Å². The van der Waals surface area contributed by atoms with Crippen LogP contribution in [-0.4, -0.2) is 25.4 Å². The molecule has 0 spiro atoms. The van der Waals surface area contributed by atoms with Crippen molar-refractivity contribution < 1.29 is 9.47 Å². The van der Waals surface area contributed by atoms with E-state index in [-0.39, 0.29) is 0 Å². The molecule has 0 bridgehead atoms. The topological polar surface area (TPSA) is 21.8 Å². The van der Waals surface area contributed by atoms with Crippen molar-refractivity contribution in [3.63, 3.8) is 0 Å². The second kappa shape index (κ2) is 4.56. The van der Waals surface area contributed by atoms with E-state index in [9.17, 15) is 0 Å². The first kappa shape index (κ1) is 10.3. The van der Waals surface area contributed by atoms with Gasteiger partial charge in [0.15, 0.2) is 0 Å². The fourth-order valence-electron chi connectivity index (χ4n) is 2.60.